The summed E-state index contributed by atoms with van der Waals surface area (Å²) in [5.74, 6) is 0.760. The van der Waals surface area contributed by atoms with Gasteiger partial charge in [-0.1, -0.05) is 24.3 Å². The molecule has 0 aliphatic heterocycles. The Balaban J connectivity index is 1.50. The van der Waals surface area contributed by atoms with Gasteiger partial charge in [-0.15, -0.1) is 0 Å². The smallest absolute Gasteiger partial charge is 0.250 e. The van der Waals surface area contributed by atoms with Gasteiger partial charge in [0.1, 0.15) is 0 Å². The molecule has 0 saturated carbocycles. The van der Waals surface area contributed by atoms with Crippen molar-refractivity contribution in [1.82, 2.24) is 25.0 Å². The van der Waals surface area contributed by atoms with Gasteiger partial charge in [0.15, 0.2) is 5.96 Å². The van der Waals surface area contributed by atoms with E-state index in [2.05, 4.69) is 45.8 Å². The minimum absolute atomic E-state index is 0.0618. The standard InChI is InChI=1S/C24H32N6O/c1-18-16-20(3)30(28-18)22-12-6-5-11-21(22)17-27-24(25-4)26-14-7-8-15-29-19(2)10-9-13-23(29)31/h5-6,9-13,16H,7-8,14-15,17H2,1-4H3,(H2,25,26,27). The Labute approximate surface area is 183 Å². The summed E-state index contributed by atoms with van der Waals surface area (Å²) < 4.78 is 3.80. The SMILES string of the molecule is CN=C(NCCCCn1c(C)cccc1=O)NCc1ccccc1-n1nc(C)cc1C. The van der Waals surface area contributed by atoms with E-state index in [1.807, 2.05) is 41.3 Å². The number of hydrogen-bond acceptors (Lipinski definition) is 3. The molecule has 7 heteroatoms. The van der Waals surface area contributed by atoms with Crippen molar-refractivity contribution in [3.05, 3.63) is 81.5 Å². The molecule has 7 nitrogen and oxygen atoms in total. The summed E-state index contributed by atoms with van der Waals surface area (Å²) in [5, 5.41) is 11.4. The highest BCUT2D eigenvalue weighted by Crippen LogP contribution is 2.16. The Morgan fingerprint density at radius 3 is 2.52 bits per heavy atom. The quantitative estimate of drug-likeness (QED) is 0.334. The number of aromatic nitrogens is 3. The third kappa shape index (κ3) is 5.84. The second kappa shape index (κ2) is 10.6. The lowest BCUT2D eigenvalue weighted by molar-refractivity contribution is 0.575. The lowest BCUT2D eigenvalue weighted by Crippen LogP contribution is -2.37. The van der Waals surface area contributed by atoms with Crippen molar-refractivity contribution in [3.8, 4) is 5.69 Å². The van der Waals surface area contributed by atoms with E-state index in [-0.39, 0.29) is 5.56 Å². The number of para-hydroxylation sites is 1. The lowest BCUT2D eigenvalue weighted by atomic mass is 10.1. The fourth-order valence-electron chi connectivity index (χ4n) is 3.65. The molecule has 3 rings (SSSR count). The molecule has 1 aromatic carbocycles. The molecule has 0 amide bonds. The van der Waals surface area contributed by atoms with E-state index in [1.54, 1.807) is 19.2 Å². The van der Waals surface area contributed by atoms with E-state index in [9.17, 15) is 4.79 Å². The molecule has 2 heterocycles. The summed E-state index contributed by atoms with van der Waals surface area (Å²) in [6.07, 6.45) is 1.87. The van der Waals surface area contributed by atoms with E-state index < -0.39 is 0 Å². The van der Waals surface area contributed by atoms with Crippen LogP contribution in [0, 0.1) is 20.8 Å². The number of rotatable bonds is 8. The Bertz CT molecular complexity index is 1100. The maximum absolute atomic E-state index is 11.9. The van der Waals surface area contributed by atoms with Crippen molar-refractivity contribution >= 4 is 5.96 Å². The minimum atomic E-state index is 0.0618. The number of nitrogens with zero attached hydrogens (tertiary/aromatic N) is 4. The van der Waals surface area contributed by atoms with E-state index in [0.717, 1.165) is 60.2 Å². The molecule has 0 aliphatic carbocycles. The summed E-state index contributed by atoms with van der Waals surface area (Å²) in [7, 11) is 1.77. The molecule has 0 radical (unpaired) electrons. The average Bonchev–Trinajstić information content (AvgIpc) is 3.09. The molecule has 2 aromatic heterocycles. The zero-order valence-electron chi connectivity index (χ0n) is 18.9. The molecule has 0 fully saturated rings. The average molecular weight is 421 g/mol. The molecule has 164 valence electrons. The number of benzene rings is 1. The molecule has 2 N–H and O–H groups in total. The van der Waals surface area contributed by atoms with Gasteiger partial charge in [-0.3, -0.25) is 9.79 Å². The van der Waals surface area contributed by atoms with Crippen LogP contribution in [0.25, 0.3) is 5.69 Å². The van der Waals surface area contributed by atoms with Crippen molar-refractivity contribution in [2.75, 3.05) is 13.6 Å². The highest BCUT2D eigenvalue weighted by molar-refractivity contribution is 5.79. The van der Waals surface area contributed by atoms with Crippen LogP contribution >= 0.6 is 0 Å². The van der Waals surface area contributed by atoms with E-state index >= 15 is 0 Å². The van der Waals surface area contributed by atoms with Crippen molar-refractivity contribution in [2.45, 2.75) is 46.7 Å². The largest absolute Gasteiger partial charge is 0.356 e. The predicted molar refractivity (Wildman–Crippen MR) is 126 cm³/mol. The number of hydrogen-bond donors (Lipinski definition) is 2. The maximum atomic E-state index is 11.9. The van der Waals surface area contributed by atoms with Gasteiger partial charge in [0.05, 0.1) is 11.4 Å². The van der Waals surface area contributed by atoms with Crippen molar-refractivity contribution in [2.24, 2.45) is 4.99 Å². The Morgan fingerprint density at radius 1 is 1.00 bits per heavy atom. The summed E-state index contributed by atoms with van der Waals surface area (Å²) in [6.45, 7) is 8.21. The number of unbranched alkanes of at least 4 members (excludes halogenated alkanes) is 1. The third-order valence-corrected chi connectivity index (χ3v) is 5.27. The summed E-state index contributed by atoms with van der Waals surface area (Å²) in [5.41, 5.74) is 5.40. The second-order valence-corrected chi connectivity index (χ2v) is 7.68. The van der Waals surface area contributed by atoms with Crippen LogP contribution < -0.4 is 16.2 Å². The number of guanidine groups is 1. The van der Waals surface area contributed by atoms with Crippen molar-refractivity contribution in [3.63, 3.8) is 0 Å². The Kier molecular flexibility index (Phi) is 7.65. The molecule has 0 bridgehead atoms. The molecule has 0 unspecified atom stereocenters. The first-order chi connectivity index (χ1) is 15.0. The lowest BCUT2D eigenvalue weighted by Gasteiger charge is -2.15. The molecule has 31 heavy (non-hydrogen) atoms. The number of aryl methyl sites for hydroxylation is 3. The third-order valence-electron chi connectivity index (χ3n) is 5.27. The summed E-state index contributed by atoms with van der Waals surface area (Å²) >= 11 is 0. The molecular weight excluding hydrogens is 388 g/mol. The second-order valence-electron chi connectivity index (χ2n) is 7.68. The highest BCUT2D eigenvalue weighted by Gasteiger charge is 2.09. The van der Waals surface area contributed by atoms with Crippen LogP contribution in [0.4, 0.5) is 0 Å². The zero-order valence-corrected chi connectivity index (χ0v) is 18.9. The zero-order chi connectivity index (χ0) is 22.2. The van der Waals surface area contributed by atoms with Gasteiger partial charge in [0.25, 0.3) is 5.56 Å². The first kappa shape index (κ1) is 22.3. The molecule has 0 atom stereocenters. The Morgan fingerprint density at radius 2 is 1.81 bits per heavy atom. The predicted octanol–water partition coefficient (Wildman–Crippen LogP) is 3.10. The van der Waals surface area contributed by atoms with Crippen LogP contribution in [0.5, 0.6) is 0 Å². The molecule has 0 aliphatic rings. The normalized spacial score (nSPS) is 11.5. The summed E-state index contributed by atoms with van der Waals surface area (Å²) in [6, 6.07) is 15.7. The number of nitrogens with one attached hydrogen (secondary N) is 2. The van der Waals surface area contributed by atoms with Gasteiger partial charge in [-0.05, 0) is 57.4 Å². The van der Waals surface area contributed by atoms with E-state index in [4.69, 9.17) is 0 Å². The highest BCUT2D eigenvalue weighted by atomic mass is 16.1. The van der Waals surface area contributed by atoms with E-state index in [1.165, 1.54) is 0 Å². The number of aliphatic imine (C=N–C) groups is 1. The number of pyridine rings is 1. The first-order valence-electron chi connectivity index (χ1n) is 10.7. The van der Waals surface area contributed by atoms with Crippen molar-refractivity contribution in [1.29, 1.82) is 0 Å². The fraction of sp³-hybridized carbons (Fsp3) is 0.375. The van der Waals surface area contributed by atoms with Crippen LogP contribution in [-0.2, 0) is 13.1 Å². The van der Waals surface area contributed by atoms with Crippen LogP contribution in [-0.4, -0.2) is 33.9 Å². The van der Waals surface area contributed by atoms with Gasteiger partial charge in [-0.25, -0.2) is 4.68 Å². The summed E-state index contributed by atoms with van der Waals surface area (Å²) in [4.78, 5) is 16.3. The minimum Gasteiger partial charge on any atom is -0.356 e. The van der Waals surface area contributed by atoms with E-state index in [0.29, 0.717) is 6.54 Å². The molecule has 0 spiro atoms. The van der Waals surface area contributed by atoms with Gasteiger partial charge in [0.2, 0.25) is 0 Å². The van der Waals surface area contributed by atoms with Gasteiger partial charge in [0, 0.05) is 44.1 Å². The Hall–Kier alpha value is -3.35. The van der Waals surface area contributed by atoms with Gasteiger partial charge >= 0.3 is 0 Å². The van der Waals surface area contributed by atoms with Crippen molar-refractivity contribution < 1.29 is 0 Å². The molecule has 3 aromatic rings. The van der Waals surface area contributed by atoms with Gasteiger partial charge < -0.3 is 15.2 Å². The first-order valence-corrected chi connectivity index (χ1v) is 10.7. The maximum Gasteiger partial charge on any atom is 0.250 e. The van der Waals surface area contributed by atoms with Crippen LogP contribution in [0.3, 0.4) is 0 Å². The van der Waals surface area contributed by atoms with Gasteiger partial charge in [-0.2, -0.15) is 5.10 Å². The van der Waals surface area contributed by atoms with Crippen LogP contribution in [0.15, 0.2) is 58.3 Å². The monoisotopic (exact) mass is 420 g/mol. The van der Waals surface area contributed by atoms with Crippen LogP contribution in [0.1, 0.15) is 35.5 Å². The fourth-order valence-corrected chi connectivity index (χ4v) is 3.65. The van der Waals surface area contributed by atoms with Crippen LogP contribution in [0.2, 0.25) is 0 Å². The topological polar surface area (TPSA) is 76.2 Å². The molecule has 0 saturated heterocycles. The molecular formula is C24H32N6O.